The first-order chi connectivity index (χ1) is 11.2. The number of hydrogen-bond donors (Lipinski definition) is 0. The van der Waals surface area contributed by atoms with Crippen molar-refractivity contribution in [3.05, 3.63) is 77.4 Å². The van der Waals surface area contributed by atoms with Crippen LogP contribution in [0.1, 0.15) is 17.0 Å². The van der Waals surface area contributed by atoms with E-state index in [0.29, 0.717) is 16.5 Å². The lowest BCUT2D eigenvalue weighted by atomic mass is 10.2. The highest BCUT2D eigenvalue weighted by atomic mass is 32.2. The van der Waals surface area contributed by atoms with Crippen molar-refractivity contribution in [3.8, 4) is 0 Å². The summed E-state index contributed by atoms with van der Waals surface area (Å²) in [6, 6.07) is 16.6. The van der Waals surface area contributed by atoms with E-state index < -0.39 is 0 Å². The molecule has 4 nitrogen and oxygen atoms in total. The predicted octanol–water partition coefficient (Wildman–Crippen LogP) is 3.90. The van der Waals surface area contributed by atoms with Gasteiger partial charge in [-0.25, -0.2) is 4.39 Å². The van der Waals surface area contributed by atoms with E-state index in [0.717, 1.165) is 5.75 Å². The average molecular weight is 326 g/mol. The molecule has 2 aromatic carbocycles. The summed E-state index contributed by atoms with van der Waals surface area (Å²) in [6.45, 7) is 1.82. The molecule has 0 aliphatic carbocycles. The van der Waals surface area contributed by atoms with Crippen molar-refractivity contribution in [2.45, 2.75) is 17.8 Å². The number of hydrogen-bond acceptors (Lipinski definition) is 4. The Hall–Kier alpha value is -2.47. The molecule has 1 heterocycles. The van der Waals surface area contributed by atoms with Gasteiger partial charge < -0.3 is 0 Å². The molecular weight excluding hydrogens is 311 g/mol. The number of aryl methyl sites for hydroxylation is 1. The van der Waals surface area contributed by atoms with Crippen molar-refractivity contribution in [3.63, 3.8) is 0 Å². The van der Waals surface area contributed by atoms with E-state index in [1.54, 1.807) is 34.6 Å². The van der Waals surface area contributed by atoms with Crippen LogP contribution in [0.3, 0.4) is 0 Å². The fraction of sp³-hybridized carbons (Fsp3) is 0.118. The highest BCUT2D eigenvalue weighted by molar-refractivity contribution is 7.98. The maximum Gasteiger partial charge on any atom is 0.212 e. The number of aromatic nitrogens is 3. The number of benzene rings is 2. The standard InChI is InChI=1S/C17H15FN4S/c1-13-20-21-17(23-12-14-7-3-2-4-8-14)22(13)19-11-15-9-5-6-10-16(15)18/h2-11H,12H2,1H3/b19-11+. The molecule has 0 bridgehead atoms. The lowest BCUT2D eigenvalue weighted by Gasteiger charge is -2.02. The fourth-order valence-electron chi connectivity index (χ4n) is 1.98. The minimum absolute atomic E-state index is 0.305. The van der Waals surface area contributed by atoms with Crippen molar-refractivity contribution in [1.29, 1.82) is 0 Å². The number of halogens is 1. The molecule has 0 saturated heterocycles. The third-order valence-electron chi connectivity index (χ3n) is 3.20. The normalized spacial score (nSPS) is 11.2. The number of thioether (sulfide) groups is 1. The van der Waals surface area contributed by atoms with Crippen LogP contribution in [0.5, 0.6) is 0 Å². The van der Waals surface area contributed by atoms with Gasteiger partial charge in [-0.3, -0.25) is 0 Å². The van der Waals surface area contributed by atoms with Gasteiger partial charge in [0.1, 0.15) is 5.82 Å². The summed E-state index contributed by atoms with van der Waals surface area (Å²) >= 11 is 1.54. The second-order valence-corrected chi connectivity index (χ2v) is 5.82. The van der Waals surface area contributed by atoms with Crippen LogP contribution in [0.25, 0.3) is 0 Å². The van der Waals surface area contributed by atoms with Gasteiger partial charge in [0.05, 0.1) is 6.21 Å². The summed E-state index contributed by atoms with van der Waals surface area (Å²) in [6.07, 6.45) is 1.48. The van der Waals surface area contributed by atoms with E-state index in [1.165, 1.54) is 17.8 Å². The van der Waals surface area contributed by atoms with Gasteiger partial charge in [-0.15, -0.1) is 10.2 Å². The second kappa shape index (κ2) is 7.19. The van der Waals surface area contributed by atoms with Crippen LogP contribution in [0.15, 0.2) is 64.9 Å². The molecule has 3 rings (SSSR count). The monoisotopic (exact) mass is 326 g/mol. The summed E-state index contributed by atoms with van der Waals surface area (Å²) in [7, 11) is 0. The Bertz CT molecular complexity index is 814. The Morgan fingerprint density at radius 2 is 1.83 bits per heavy atom. The van der Waals surface area contributed by atoms with E-state index in [1.807, 2.05) is 25.1 Å². The van der Waals surface area contributed by atoms with Crippen molar-refractivity contribution in [1.82, 2.24) is 14.9 Å². The van der Waals surface area contributed by atoms with E-state index in [9.17, 15) is 4.39 Å². The fourth-order valence-corrected chi connectivity index (χ4v) is 2.87. The van der Waals surface area contributed by atoms with Crippen molar-refractivity contribution < 1.29 is 4.39 Å². The summed E-state index contributed by atoms with van der Waals surface area (Å²) in [5.74, 6) is 1.13. The zero-order valence-electron chi connectivity index (χ0n) is 12.6. The van der Waals surface area contributed by atoms with Crippen LogP contribution in [-0.2, 0) is 5.75 Å². The second-order valence-electron chi connectivity index (χ2n) is 4.88. The van der Waals surface area contributed by atoms with Gasteiger partial charge in [-0.2, -0.15) is 9.78 Å². The minimum Gasteiger partial charge on any atom is -0.206 e. The largest absolute Gasteiger partial charge is 0.212 e. The van der Waals surface area contributed by atoms with Gasteiger partial charge in [0.2, 0.25) is 5.16 Å². The Balaban J connectivity index is 1.78. The number of rotatable bonds is 5. The zero-order chi connectivity index (χ0) is 16.1. The molecule has 0 N–H and O–H groups in total. The summed E-state index contributed by atoms with van der Waals surface area (Å²) in [5, 5.41) is 13.2. The Morgan fingerprint density at radius 3 is 2.61 bits per heavy atom. The summed E-state index contributed by atoms with van der Waals surface area (Å²) in [5.41, 5.74) is 1.63. The maximum absolute atomic E-state index is 13.7. The van der Waals surface area contributed by atoms with Crippen LogP contribution in [0.4, 0.5) is 4.39 Å². The van der Waals surface area contributed by atoms with Crippen LogP contribution in [0, 0.1) is 12.7 Å². The zero-order valence-corrected chi connectivity index (χ0v) is 13.4. The van der Waals surface area contributed by atoms with Gasteiger partial charge >= 0.3 is 0 Å². The SMILES string of the molecule is Cc1nnc(SCc2ccccc2)n1/N=C/c1ccccc1F. The van der Waals surface area contributed by atoms with Crippen molar-refractivity contribution in [2.75, 3.05) is 0 Å². The van der Waals surface area contributed by atoms with Crippen LogP contribution >= 0.6 is 11.8 Å². The van der Waals surface area contributed by atoms with Gasteiger partial charge in [-0.1, -0.05) is 60.3 Å². The van der Waals surface area contributed by atoms with Crippen LogP contribution in [0.2, 0.25) is 0 Å². The summed E-state index contributed by atoms with van der Waals surface area (Å²) in [4.78, 5) is 0. The van der Waals surface area contributed by atoms with Crippen LogP contribution < -0.4 is 0 Å². The lowest BCUT2D eigenvalue weighted by Crippen LogP contribution is -1.97. The molecule has 0 aliphatic rings. The Morgan fingerprint density at radius 1 is 1.09 bits per heavy atom. The van der Waals surface area contributed by atoms with Crippen molar-refractivity contribution in [2.24, 2.45) is 5.10 Å². The van der Waals surface area contributed by atoms with E-state index in [2.05, 4.69) is 27.4 Å². The summed E-state index contributed by atoms with van der Waals surface area (Å²) < 4.78 is 15.3. The molecule has 0 saturated carbocycles. The molecule has 0 atom stereocenters. The van der Waals surface area contributed by atoms with Gasteiger partial charge in [0, 0.05) is 11.3 Å². The molecule has 0 unspecified atom stereocenters. The van der Waals surface area contributed by atoms with Gasteiger partial charge in [0.15, 0.2) is 5.82 Å². The third-order valence-corrected chi connectivity index (χ3v) is 4.19. The molecule has 23 heavy (non-hydrogen) atoms. The highest BCUT2D eigenvalue weighted by Gasteiger charge is 2.09. The molecule has 0 spiro atoms. The lowest BCUT2D eigenvalue weighted by molar-refractivity contribution is 0.625. The molecule has 0 fully saturated rings. The van der Waals surface area contributed by atoms with E-state index in [-0.39, 0.29) is 5.82 Å². The molecule has 0 radical (unpaired) electrons. The molecule has 0 aliphatic heterocycles. The van der Waals surface area contributed by atoms with E-state index >= 15 is 0 Å². The maximum atomic E-state index is 13.7. The van der Waals surface area contributed by atoms with E-state index in [4.69, 9.17) is 0 Å². The van der Waals surface area contributed by atoms with Gasteiger partial charge in [0.25, 0.3) is 0 Å². The van der Waals surface area contributed by atoms with Crippen molar-refractivity contribution >= 4 is 18.0 Å². The number of nitrogens with zero attached hydrogens (tertiary/aromatic N) is 4. The molecule has 3 aromatic rings. The Kier molecular flexibility index (Phi) is 4.83. The first-order valence-electron chi connectivity index (χ1n) is 7.11. The third kappa shape index (κ3) is 3.84. The Labute approximate surface area is 138 Å². The molecule has 0 amide bonds. The molecular formula is C17H15FN4S. The average Bonchev–Trinajstić information content (AvgIpc) is 2.93. The van der Waals surface area contributed by atoms with Crippen LogP contribution in [-0.4, -0.2) is 21.1 Å². The highest BCUT2D eigenvalue weighted by Crippen LogP contribution is 2.21. The minimum atomic E-state index is -0.305. The molecule has 6 heteroatoms. The predicted molar refractivity (Wildman–Crippen MR) is 90.2 cm³/mol. The first kappa shape index (κ1) is 15.4. The van der Waals surface area contributed by atoms with Gasteiger partial charge in [-0.05, 0) is 18.6 Å². The molecule has 1 aromatic heterocycles. The quantitative estimate of drug-likeness (QED) is 0.527. The first-order valence-corrected chi connectivity index (χ1v) is 8.10. The molecule has 116 valence electrons. The topological polar surface area (TPSA) is 43.1 Å². The smallest absolute Gasteiger partial charge is 0.206 e.